The Morgan fingerprint density at radius 3 is 2.71 bits per heavy atom. The molecule has 1 heterocycles. The third-order valence-electron chi connectivity index (χ3n) is 3.17. The molecule has 21 heavy (non-hydrogen) atoms. The largest absolute Gasteiger partial charge is 0.480 e. The molecule has 0 radical (unpaired) electrons. The number of hydrogen-bond donors (Lipinski definition) is 2. The molecule has 1 atom stereocenters. The maximum atomic E-state index is 11.5. The lowest BCUT2D eigenvalue weighted by Crippen LogP contribution is -2.08. The molecular weight excluding hydrogens is 284 g/mol. The first-order valence-corrected chi connectivity index (χ1v) is 7.42. The van der Waals surface area contributed by atoms with Gasteiger partial charge in [-0.3, -0.25) is 4.79 Å². The van der Waals surface area contributed by atoms with Crippen LogP contribution in [-0.2, 0) is 4.79 Å². The molecule has 3 aromatic rings. The van der Waals surface area contributed by atoms with E-state index < -0.39 is 11.2 Å². The number of benzene rings is 2. The lowest BCUT2D eigenvalue weighted by molar-refractivity contribution is -0.136. The van der Waals surface area contributed by atoms with E-state index in [-0.39, 0.29) is 0 Å². The molecule has 0 unspecified atom stereocenters. The van der Waals surface area contributed by atoms with Crippen LogP contribution in [0.4, 0.5) is 0 Å². The number of H-pyrrole nitrogens is 1. The minimum absolute atomic E-state index is 0.617. The predicted octanol–water partition coefficient (Wildman–Crippen LogP) is 3.79. The number of rotatable bonds is 4. The Morgan fingerprint density at radius 2 is 2.00 bits per heavy atom. The zero-order chi connectivity index (χ0) is 14.8. The second-order valence-corrected chi connectivity index (χ2v) is 5.90. The zero-order valence-electron chi connectivity index (χ0n) is 11.4. The second kappa shape index (κ2) is 5.61. The number of fused-ring (bicyclic) bond motifs is 1. The van der Waals surface area contributed by atoms with Crippen molar-refractivity contribution in [2.24, 2.45) is 0 Å². The van der Waals surface area contributed by atoms with Crippen LogP contribution in [0.25, 0.3) is 11.0 Å². The first kappa shape index (κ1) is 13.7. The predicted molar refractivity (Wildman–Crippen MR) is 83.5 cm³/mol. The lowest BCUT2D eigenvalue weighted by atomic mass is 10.1. The average molecular weight is 298 g/mol. The van der Waals surface area contributed by atoms with Crippen LogP contribution in [0.5, 0.6) is 0 Å². The molecule has 0 aliphatic carbocycles. The number of aromatic amines is 1. The Balaban J connectivity index is 1.93. The number of carboxylic acids is 1. The van der Waals surface area contributed by atoms with Crippen molar-refractivity contribution in [2.45, 2.75) is 17.3 Å². The maximum absolute atomic E-state index is 11.5. The Morgan fingerprint density at radius 1 is 1.24 bits per heavy atom. The fraction of sp³-hybridized carbons (Fsp3) is 0.125. The van der Waals surface area contributed by atoms with Crippen molar-refractivity contribution in [2.75, 3.05) is 0 Å². The quantitative estimate of drug-likeness (QED) is 0.719. The van der Waals surface area contributed by atoms with E-state index in [0.29, 0.717) is 5.16 Å². The van der Waals surface area contributed by atoms with Crippen molar-refractivity contribution in [3.8, 4) is 0 Å². The number of carbonyl (C=O) groups is 1. The molecule has 0 saturated heterocycles. The van der Waals surface area contributed by atoms with Gasteiger partial charge in [-0.05, 0) is 30.2 Å². The molecule has 0 aliphatic rings. The highest BCUT2D eigenvalue weighted by atomic mass is 32.2. The molecule has 2 N–H and O–H groups in total. The minimum atomic E-state index is -0.872. The van der Waals surface area contributed by atoms with E-state index in [4.69, 9.17) is 0 Å². The fourth-order valence-corrected chi connectivity index (χ4v) is 3.09. The number of imidazole rings is 1. The summed E-state index contributed by atoms with van der Waals surface area (Å²) in [6.45, 7) is 2.01. The van der Waals surface area contributed by atoms with Crippen LogP contribution >= 0.6 is 11.8 Å². The number of nitrogens with one attached hydrogen (secondary N) is 1. The standard InChI is InChI=1S/C16H14N2O2S/c1-10-7-8-12-13(9-10)18-16(17-12)21-14(15(19)20)11-5-3-2-4-6-11/h2-9,14H,1H3,(H,17,18)(H,19,20)/t14-/m1/s1. The van der Waals surface area contributed by atoms with E-state index >= 15 is 0 Å². The molecule has 2 aromatic carbocycles. The Hall–Kier alpha value is -2.27. The molecule has 0 spiro atoms. The average Bonchev–Trinajstić information content (AvgIpc) is 2.87. The minimum Gasteiger partial charge on any atom is -0.480 e. The topological polar surface area (TPSA) is 66.0 Å². The van der Waals surface area contributed by atoms with Gasteiger partial charge in [0.05, 0.1) is 11.0 Å². The molecule has 1 aromatic heterocycles. The van der Waals surface area contributed by atoms with Crippen molar-refractivity contribution in [3.63, 3.8) is 0 Å². The van der Waals surface area contributed by atoms with Gasteiger partial charge in [0.1, 0.15) is 5.25 Å². The third-order valence-corrected chi connectivity index (χ3v) is 4.30. The van der Waals surface area contributed by atoms with E-state index in [0.717, 1.165) is 22.2 Å². The molecule has 106 valence electrons. The summed E-state index contributed by atoms with van der Waals surface area (Å²) in [5.74, 6) is -0.872. The van der Waals surface area contributed by atoms with Crippen LogP contribution in [0.15, 0.2) is 53.7 Å². The van der Waals surface area contributed by atoms with Crippen LogP contribution < -0.4 is 0 Å². The van der Waals surface area contributed by atoms with Crippen molar-refractivity contribution < 1.29 is 9.90 Å². The number of carboxylic acid groups (broad SMARTS) is 1. The van der Waals surface area contributed by atoms with E-state index in [1.165, 1.54) is 11.8 Å². The summed E-state index contributed by atoms with van der Waals surface area (Å²) in [5.41, 5.74) is 3.67. The lowest BCUT2D eigenvalue weighted by Gasteiger charge is -2.10. The summed E-state index contributed by atoms with van der Waals surface area (Å²) in [5, 5.41) is 9.39. The molecule has 0 bridgehead atoms. The van der Waals surface area contributed by atoms with Crippen molar-refractivity contribution in [1.82, 2.24) is 9.97 Å². The maximum Gasteiger partial charge on any atom is 0.321 e. The monoisotopic (exact) mass is 298 g/mol. The Kier molecular flexibility index (Phi) is 3.66. The molecular formula is C16H14N2O2S. The first-order chi connectivity index (χ1) is 10.1. The summed E-state index contributed by atoms with van der Waals surface area (Å²) in [6, 6.07) is 15.1. The van der Waals surface area contributed by atoms with Gasteiger partial charge in [0.15, 0.2) is 5.16 Å². The van der Waals surface area contributed by atoms with Crippen LogP contribution in [0.1, 0.15) is 16.4 Å². The summed E-state index contributed by atoms with van der Waals surface area (Å²) in [4.78, 5) is 19.1. The van der Waals surface area contributed by atoms with Gasteiger partial charge in [0.2, 0.25) is 0 Å². The van der Waals surface area contributed by atoms with Gasteiger partial charge in [-0.1, -0.05) is 48.2 Å². The van der Waals surface area contributed by atoms with Gasteiger partial charge in [0.25, 0.3) is 0 Å². The summed E-state index contributed by atoms with van der Waals surface area (Å²) >= 11 is 1.22. The zero-order valence-corrected chi connectivity index (χ0v) is 12.2. The van der Waals surface area contributed by atoms with Crippen LogP contribution in [0.3, 0.4) is 0 Å². The van der Waals surface area contributed by atoms with Gasteiger partial charge < -0.3 is 10.1 Å². The first-order valence-electron chi connectivity index (χ1n) is 6.54. The van der Waals surface area contributed by atoms with Gasteiger partial charge >= 0.3 is 5.97 Å². The van der Waals surface area contributed by atoms with Crippen LogP contribution in [0.2, 0.25) is 0 Å². The molecule has 0 saturated carbocycles. The van der Waals surface area contributed by atoms with Gasteiger partial charge in [-0.15, -0.1) is 0 Å². The number of aliphatic carboxylic acids is 1. The number of aromatic nitrogens is 2. The van der Waals surface area contributed by atoms with Gasteiger partial charge in [-0.2, -0.15) is 0 Å². The Labute approximate surface area is 126 Å². The van der Waals surface area contributed by atoms with E-state index in [1.807, 2.05) is 55.5 Å². The highest BCUT2D eigenvalue weighted by Gasteiger charge is 2.22. The number of thioether (sulfide) groups is 1. The Bertz CT molecular complexity index is 783. The molecule has 5 heteroatoms. The van der Waals surface area contributed by atoms with E-state index in [9.17, 15) is 9.90 Å². The number of aryl methyl sites for hydroxylation is 1. The highest BCUT2D eigenvalue weighted by molar-refractivity contribution is 8.00. The fourth-order valence-electron chi connectivity index (χ4n) is 2.16. The van der Waals surface area contributed by atoms with Crippen LogP contribution in [0, 0.1) is 6.92 Å². The van der Waals surface area contributed by atoms with Gasteiger partial charge in [-0.25, -0.2) is 4.98 Å². The summed E-state index contributed by atoms with van der Waals surface area (Å²) in [6.07, 6.45) is 0. The summed E-state index contributed by atoms with van der Waals surface area (Å²) < 4.78 is 0. The van der Waals surface area contributed by atoms with Crippen LogP contribution in [-0.4, -0.2) is 21.0 Å². The van der Waals surface area contributed by atoms with E-state index in [2.05, 4.69) is 9.97 Å². The number of nitrogens with zero attached hydrogens (tertiary/aromatic N) is 1. The number of hydrogen-bond acceptors (Lipinski definition) is 3. The second-order valence-electron chi connectivity index (χ2n) is 4.81. The molecule has 0 fully saturated rings. The molecule has 3 rings (SSSR count). The molecule has 0 aliphatic heterocycles. The smallest absolute Gasteiger partial charge is 0.321 e. The molecule has 0 amide bonds. The highest BCUT2D eigenvalue weighted by Crippen LogP contribution is 2.34. The molecule has 4 nitrogen and oxygen atoms in total. The van der Waals surface area contributed by atoms with Crippen molar-refractivity contribution in [1.29, 1.82) is 0 Å². The van der Waals surface area contributed by atoms with Gasteiger partial charge in [0, 0.05) is 0 Å². The van der Waals surface area contributed by atoms with E-state index in [1.54, 1.807) is 0 Å². The summed E-state index contributed by atoms with van der Waals surface area (Å²) in [7, 11) is 0. The van der Waals surface area contributed by atoms with Crippen molar-refractivity contribution >= 4 is 28.8 Å². The normalized spacial score (nSPS) is 12.4. The SMILES string of the molecule is Cc1ccc2nc(S[C@@H](C(=O)O)c3ccccc3)[nH]c2c1. The van der Waals surface area contributed by atoms with Crippen molar-refractivity contribution in [3.05, 3.63) is 59.7 Å². The third kappa shape index (κ3) is 2.92.